The van der Waals surface area contributed by atoms with Crippen LogP contribution in [0.1, 0.15) is 0 Å². The Bertz CT molecular complexity index is 17.2. The van der Waals surface area contributed by atoms with Gasteiger partial charge in [0.1, 0.15) is 0 Å². The monoisotopic (exact) mass is 222 g/mol. The van der Waals surface area contributed by atoms with Gasteiger partial charge in [-0.25, -0.2) is 0 Å². The van der Waals surface area contributed by atoms with Gasteiger partial charge in [0.15, 0.2) is 0 Å². The Morgan fingerprint density at radius 3 is 2.25 bits per heavy atom. The van der Waals surface area contributed by atoms with Gasteiger partial charge in [-0.1, -0.05) is 0 Å². The minimum atomic E-state index is 1.19. The van der Waals surface area contributed by atoms with Crippen molar-refractivity contribution < 1.29 is 21.1 Å². The third-order valence-corrected chi connectivity index (χ3v) is 1.06. The van der Waals surface area contributed by atoms with Gasteiger partial charge < -0.3 is 0 Å². The van der Waals surface area contributed by atoms with E-state index in [4.69, 9.17) is 0 Å². The zero-order chi connectivity index (χ0) is 3.41. The van der Waals surface area contributed by atoms with Gasteiger partial charge in [0.25, 0.3) is 0 Å². The van der Waals surface area contributed by atoms with Crippen molar-refractivity contribution in [3.63, 3.8) is 0 Å². The summed E-state index contributed by atoms with van der Waals surface area (Å²) in [4.78, 5) is 0. The van der Waals surface area contributed by atoms with Crippen LogP contribution < -0.4 is 0 Å². The summed E-state index contributed by atoms with van der Waals surface area (Å²) in [7, 11) is 0. The molecule has 0 saturated carbocycles. The molecule has 0 aromatic heterocycles. The second kappa shape index (κ2) is 3.48. The summed E-state index contributed by atoms with van der Waals surface area (Å²) in [6.07, 6.45) is 1.92. The van der Waals surface area contributed by atoms with Crippen molar-refractivity contribution in [1.29, 1.82) is 0 Å². The molecule has 1 heteroatoms. The topological polar surface area (TPSA) is 0 Å². The van der Waals surface area contributed by atoms with Gasteiger partial charge in [-0.3, -0.25) is 0 Å². The van der Waals surface area contributed by atoms with Crippen molar-refractivity contribution >= 4 is 0 Å². The molecule has 0 bridgehead atoms. The van der Waals surface area contributed by atoms with E-state index in [0.717, 1.165) is 0 Å². The first-order valence-corrected chi connectivity index (χ1v) is 3.40. The Morgan fingerprint density at radius 1 is 2.00 bits per heavy atom. The zero-order valence-electron chi connectivity index (χ0n) is 2.44. The molecule has 0 heterocycles. The summed E-state index contributed by atoms with van der Waals surface area (Å²) in [6.45, 7) is 3.51. The van der Waals surface area contributed by atoms with E-state index in [9.17, 15) is 0 Å². The molecule has 0 unspecified atom stereocenters. The standard InChI is InChI=1S/C3H5.Ta/c1-3-2;/h3H,1-2H2;. The number of rotatable bonds is 1. The molecule has 0 radical (unpaired) electrons. The van der Waals surface area contributed by atoms with Crippen LogP contribution in [0.15, 0.2) is 12.7 Å². The van der Waals surface area contributed by atoms with E-state index in [1.807, 2.05) is 6.08 Å². The summed E-state index contributed by atoms with van der Waals surface area (Å²) in [5.41, 5.74) is 0. The Balaban J connectivity index is 2.30. The average Bonchev–Trinajstić information content (AvgIpc) is 1.37. The van der Waals surface area contributed by atoms with Crippen LogP contribution in [0.3, 0.4) is 0 Å². The van der Waals surface area contributed by atoms with E-state index >= 15 is 0 Å². The molecule has 0 spiro atoms. The Kier molecular flexibility index (Phi) is 3.90. The van der Waals surface area contributed by atoms with Crippen LogP contribution in [0.4, 0.5) is 0 Å². The van der Waals surface area contributed by atoms with Crippen molar-refractivity contribution in [2.24, 2.45) is 0 Å². The predicted molar refractivity (Wildman–Crippen MR) is 15.0 cm³/mol. The molecule has 0 aliphatic rings. The molecule has 22 valence electrons. The van der Waals surface area contributed by atoms with Crippen LogP contribution in [0, 0.1) is 0 Å². The molecule has 0 N–H and O–H groups in total. The van der Waals surface area contributed by atoms with Gasteiger partial charge in [-0.2, -0.15) is 0 Å². The molecule has 0 atom stereocenters. The molecule has 0 aliphatic heterocycles. The maximum absolute atomic E-state index is 3.51. The molecule has 0 fully saturated rings. The van der Waals surface area contributed by atoms with E-state index in [1.54, 1.807) is 0 Å². The molecule has 0 rings (SSSR count). The number of allylic oxidation sites excluding steroid dienone is 1. The van der Waals surface area contributed by atoms with E-state index in [2.05, 4.69) is 6.58 Å². The fraction of sp³-hybridized carbons (Fsp3) is 0.333. The quantitative estimate of drug-likeness (QED) is 0.583. The van der Waals surface area contributed by atoms with Gasteiger partial charge >= 0.3 is 38.4 Å². The van der Waals surface area contributed by atoms with E-state index in [0.29, 0.717) is 0 Å². The van der Waals surface area contributed by atoms with Gasteiger partial charge in [0, 0.05) is 0 Å². The van der Waals surface area contributed by atoms with Crippen LogP contribution >= 0.6 is 0 Å². The Labute approximate surface area is 38.8 Å². The summed E-state index contributed by atoms with van der Waals surface area (Å²) in [6, 6.07) is 0. The predicted octanol–water partition coefficient (Wildman–Crippen LogP) is 1.14. The molecule has 0 aliphatic carbocycles. The maximum atomic E-state index is 3.51. The van der Waals surface area contributed by atoms with E-state index < -0.39 is 0 Å². The molecular weight excluding hydrogens is 217 g/mol. The van der Waals surface area contributed by atoms with Crippen molar-refractivity contribution in [1.82, 2.24) is 0 Å². The zero-order valence-corrected chi connectivity index (χ0v) is 5.65. The van der Waals surface area contributed by atoms with Gasteiger partial charge in [-0.05, 0) is 0 Å². The second-order valence-electron chi connectivity index (χ2n) is 0.471. The van der Waals surface area contributed by atoms with Crippen LogP contribution in [0.25, 0.3) is 0 Å². The van der Waals surface area contributed by atoms with E-state index in [1.165, 1.54) is 25.7 Å². The van der Waals surface area contributed by atoms with Crippen LogP contribution in [-0.4, -0.2) is 0 Å². The first-order chi connectivity index (χ1) is 1.91. The molecule has 0 nitrogen and oxygen atoms in total. The summed E-state index contributed by atoms with van der Waals surface area (Å²) in [5, 5.41) is 0. The summed E-state index contributed by atoms with van der Waals surface area (Å²) in [5.74, 6) is 0. The first-order valence-electron chi connectivity index (χ1n) is 1.13. The van der Waals surface area contributed by atoms with Crippen molar-refractivity contribution in [2.45, 2.75) is 4.64 Å². The molecule has 4 heavy (non-hydrogen) atoms. The fourth-order valence-corrected chi connectivity index (χ4v) is 0. The Hall–Kier alpha value is 0.480. The van der Waals surface area contributed by atoms with Crippen molar-refractivity contribution in [3.05, 3.63) is 12.7 Å². The third kappa shape index (κ3) is 2.48. The van der Waals surface area contributed by atoms with Gasteiger partial charge in [-0.15, -0.1) is 0 Å². The third-order valence-electron chi connectivity index (χ3n) is 0.129. The SMILES string of the molecule is C=C[CH2][Ta]. The molecule has 0 saturated heterocycles. The first kappa shape index (κ1) is 4.48. The molecule has 0 amide bonds. The summed E-state index contributed by atoms with van der Waals surface area (Å²) >= 11 is 1.43. The number of hydrogen-bond donors (Lipinski definition) is 0. The minimum absolute atomic E-state index is 1.19. The van der Waals surface area contributed by atoms with Crippen molar-refractivity contribution in [2.75, 3.05) is 0 Å². The van der Waals surface area contributed by atoms with Gasteiger partial charge in [0.05, 0.1) is 0 Å². The fourth-order valence-electron chi connectivity index (χ4n) is 0. The average molecular weight is 222 g/mol. The van der Waals surface area contributed by atoms with Gasteiger partial charge in [0.2, 0.25) is 0 Å². The Morgan fingerprint density at radius 2 is 2.25 bits per heavy atom. The van der Waals surface area contributed by atoms with Crippen LogP contribution in [0.5, 0.6) is 0 Å². The van der Waals surface area contributed by atoms with Crippen LogP contribution in [-0.2, 0) is 21.1 Å². The van der Waals surface area contributed by atoms with Crippen LogP contribution in [0.2, 0.25) is 4.64 Å². The van der Waals surface area contributed by atoms with E-state index in [-0.39, 0.29) is 0 Å². The molecule has 0 aromatic carbocycles. The van der Waals surface area contributed by atoms with Crippen molar-refractivity contribution in [3.8, 4) is 0 Å². The summed E-state index contributed by atoms with van der Waals surface area (Å²) < 4.78 is 1.19. The number of hydrogen-bond acceptors (Lipinski definition) is 0. The second-order valence-corrected chi connectivity index (χ2v) is 1.78. The molecular formula is C3H5Ta. The normalized spacial score (nSPS) is 6.00. The molecule has 0 aromatic rings.